The molecule has 0 aliphatic carbocycles. The van der Waals surface area contributed by atoms with Gasteiger partial charge in [0.15, 0.2) is 5.82 Å². The lowest BCUT2D eigenvalue weighted by molar-refractivity contribution is -0.138. The van der Waals surface area contributed by atoms with Crippen molar-refractivity contribution in [3.05, 3.63) is 48.0 Å². The van der Waals surface area contributed by atoms with Crippen LogP contribution < -0.4 is 5.32 Å². The molecule has 2 heterocycles. The molecule has 1 saturated heterocycles. The Hall–Kier alpha value is -2.70. The Kier molecular flexibility index (Phi) is 5.65. The Labute approximate surface area is 153 Å². The molecular formula is C19H25N5O2. The van der Waals surface area contributed by atoms with Crippen LogP contribution in [0.1, 0.15) is 44.1 Å². The average molecular weight is 355 g/mol. The van der Waals surface area contributed by atoms with E-state index in [-0.39, 0.29) is 17.9 Å². The van der Waals surface area contributed by atoms with Crippen LogP contribution in [-0.4, -0.2) is 44.1 Å². The highest BCUT2D eigenvalue weighted by Gasteiger charge is 2.33. The van der Waals surface area contributed by atoms with Crippen molar-refractivity contribution in [2.75, 3.05) is 6.54 Å². The molecule has 1 aliphatic rings. The van der Waals surface area contributed by atoms with Crippen molar-refractivity contribution < 1.29 is 9.59 Å². The quantitative estimate of drug-likeness (QED) is 0.855. The smallest absolute Gasteiger partial charge is 0.243 e. The van der Waals surface area contributed by atoms with Crippen molar-refractivity contribution in [2.45, 2.75) is 51.7 Å². The van der Waals surface area contributed by atoms with E-state index in [1.54, 1.807) is 11.2 Å². The highest BCUT2D eigenvalue weighted by molar-refractivity contribution is 5.89. The zero-order chi connectivity index (χ0) is 18.5. The van der Waals surface area contributed by atoms with E-state index in [0.29, 0.717) is 31.8 Å². The highest BCUT2D eigenvalue weighted by Crippen LogP contribution is 2.19. The number of nitrogens with zero attached hydrogens (tertiary/aromatic N) is 4. The number of carbonyl (C=O) groups is 2. The molecule has 0 bridgehead atoms. The standard InChI is InChI=1S/C19H25N5O2/c1-14(2)24-13-21-22-17(24)12-20-19(26)16-9-6-10-23(16)18(25)11-15-7-4-3-5-8-15/h3-5,7-8,13-14,16H,6,9-12H2,1-2H3,(H,20,26). The molecule has 0 spiro atoms. The molecule has 1 N–H and O–H groups in total. The molecule has 1 fully saturated rings. The molecule has 2 amide bonds. The van der Waals surface area contributed by atoms with Crippen molar-refractivity contribution >= 4 is 11.8 Å². The predicted molar refractivity (Wildman–Crippen MR) is 97.1 cm³/mol. The molecule has 138 valence electrons. The molecule has 1 aromatic heterocycles. The monoisotopic (exact) mass is 355 g/mol. The van der Waals surface area contributed by atoms with Gasteiger partial charge in [-0.25, -0.2) is 0 Å². The second kappa shape index (κ2) is 8.12. The summed E-state index contributed by atoms with van der Waals surface area (Å²) in [6, 6.07) is 9.46. The third kappa shape index (κ3) is 4.09. The van der Waals surface area contributed by atoms with E-state index in [1.165, 1.54) is 0 Å². The van der Waals surface area contributed by atoms with E-state index in [9.17, 15) is 9.59 Å². The Morgan fingerprint density at radius 1 is 1.27 bits per heavy atom. The number of aromatic nitrogens is 3. The minimum atomic E-state index is -0.401. The fourth-order valence-electron chi connectivity index (χ4n) is 3.32. The van der Waals surface area contributed by atoms with Gasteiger partial charge in [-0.3, -0.25) is 9.59 Å². The summed E-state index contributed by atoms with van der Waals surface area (Å²) in [5, 5.41) is 10.9. The second-order valence-electron chi connectivity index (χ2n) is 6.87. The van der Waals surface area contributed by atoms with Crippen LogP contribution in [0.15, 0.2) is 36.7 Å². The number of carbonyl (C=O) groups excluding carboxylic acids is 2. The molecule has 0 saturated carbocycles. The largest absolute Gasteiger partial charge is 0.347 e. The van der Waals surface area contributed by atoms with Crippen LogP contribution in [0.25, 0.3) is 0 Å². The Balaban J connectivity index is 1.59. The lowest BCUT2D eigenvalue weighted by atomic mass is 10.1. The number of hydrogen-bond donors (Lipinski definition) is 1. The number of amides is 2. The Morgan fingerprint density at radius 2 is 2.04 bits per heavy atom. The minimum absolute atomic E-state index is 0.000743. The van der Waals surface area contributed by atoms with E-state index in [0.717, 1.165) is 12.0 Å². The maximum atomic E-state index is 12.6. The number of rotatable bonds is 6. The van der Waals surface area contributed by atoms with Crippen LogP contribution in [0.2, 0.25) is 0 Å². The van der Waals surface area contributed by atoms with Gasteiger partial charge in [0.25, 0.3) is 0 Å². The number of benzene rings is 1. The van der Waals surface area contributed by atoms with Gasteiger partial charge in [0.2, 0.25) is 11.8 Å². The fourth-order valence-corrected chi connectivity index (χ4v) is 3.32. The van der Waals surface area contributed by atoms with Crippen LogP contribution in [0.4, 0.5) is 0 Å². The van der Waals surface area contributed by atoms with Gasteiger partial charge in [0, 0.05) is 12.6 Å². The first kappa shape index (κ1) is 18.1. The summed E-state index contributed by atoms with van der Waals surface area (Å²) in [6.07, 6.45) is 3.54. The summed E-state index contributed by atoms with van der Waals surface area (Å²) < 4.78 is 1.92. The molecular weight excluding hydrogens is 330 g/mol. The molecule has 1 aromatic carbocycles. The van der Waals surface area contributed by atoms with E-state index in [1.807, 2.05) is 48.7 Å². The molecule has 2 aromatic rings. The van der Waals surface area contributed by atoms with Gasteiger partial charge < -0.3 is 14.8 Å². The summed E-state index contributed by atoms with van der Waals surface area (Å²) in [5.41, 5.74) is 0.966. The van der Waals surface area contributed by atoms with E-state index >= 15 is 0 Å². The second-order valence-corrected chi connectivity index (χ2v) is 6.87. The third-order valence-corrected chi connectivity index (χ3v) is 4.70. The van der Waals surface area contributed by atoms with Gasteiger partial charge in [-0.05, 0) is 32.3 Å². The van der Waals surface area contributed by atoms with Crippen LogP contribution in [0, 0.1) is 0 Å². The first-order chi connectivity index (χ1) is 12.6. The van der Waals surface area contributed by atoms with Crippen LogP contribution >= 0.6 is 0 Å². The molecule has 1 atom stereocenters. The predicted octanol–water partition coefficient (Wildman–Crippen LogP) is 1.71. The zero-order valence-electron chi connectivity index (χ0n) is 15.3. The molecule has 26 heavy (non-hydrogen) atoms. The lowest BCUT2D eigenvalue weighted by Gasteiger charge is -2.24. The van der Waals surface area contributed by atoms with Gasteiger partial charge >= 0.3 is 0 Å². The van der Waals surface area contributed by atoms with Crippen molar-refractivity contribution in [1.29, 1.82) is 0 Å². The SMILES string of the molecule is CC(C)n1cnnc1CNC(=O)C1CCCN1C(=O)Cc1ccccc1. The molecule has 1 unspecified atom stereocenters. The van der Waals surface area contributed by atoms with Gasteiger partial charge in [0.05, 0.1) is 13.0 Å². The van der Waals surface area contributed by atoms with Crippen molar-refractivity contribution in [2.24, 2.45) is 0 Å². The summed E-state index contributed by atoms with van der Waals surface area (Å²) >= 11 is 0. The Morgan fingerprint density at radius 3 is 2.77 bits per heavy atom. The van der Waals surface area contributed by atoms with Crippen LogP contribution in [0.5, 0.6) is 0 Å². The normalized spacial score (nSPS) is 16.9. The van der Waals surface area contributed by atoms with Gasteiger partial charge in [-0.1, -0.05) is 30.3 Å². The van der Waals surface area contributed by atoms with Gasteiger partial charge in [-0.15, -0.1) is 10.2 Å². The first-order valence-corrected chi connectivity index (χ1v) is 9.05. The molecule has 0 radical (unpaired) electrons. The zero-order valence-corrected chi connectivity index (χ0v) is 15.3. The Bertz CT molecular complexity index is 756. The summed E-state index contributed by atoms with van der Waals surface area (Å²) in [4.78, 5) is 27.0. The average Bonchev–Trinajstić information content (AvgIpc) is 3.30. The maximum Gasteiger partial charge on any atom is 0.243 e. The van der Waals surface area contributed by atoms with E-state index in [2.05, 4.69) is 15.5 Å². The van der Waals surface area contributed by atoms with Crippen molar-refractivity contribution in [3.8, 4) is 0 Å². The number of hydrogen-bond acceptors (Lipinski definition) is 4. The highest BCUT2D eigenvalue weighted by atomic mass is 16.2. The number of nitrogens with one attached hydrogen (secondary N) is 1. The third-order valence-electron chi connectivity index (χ3n) is 4.70. The maximum absolute atomic E-state index is 12.6. The van der Waals surface area contributed by atoms with Crippen LogP contribution in [0.3, 0.4) is 0 Å². The van der Waals surface area contributed by atoms with Gasteiger partial charge in [0.1, 0.15) is 12.4 Å². The molecule has 3 rings (SSSR count). The van der Waals surface area contributed by atoms with Crippen molar-refractivity contribution in [3.63, 3.8) is 0 Å². The lowest BCUT2D eigenvalue weighted by Crippen LogP contribution is -2.46. The molecule has 7 nitrogen and oxygen atoms in total. The van der Waals surface area contributed by atoms with Crippen molar-refractivity contribution in [1.82, 2.24) is 25.0 Å². The molecule has 7 heteroatoms. The number of likely N-dealkylation sites (tertiary alicyclic amines) is 1. The first-order valence-electron chi connectivity index (χ1n) is 9.05. The van der Waals surface area contributed by atoms with E-state index in [4.69, 9.17) is 0 Å². The van der Waals surface area contributed by atoms with E-state index < -0.39 is 6.04 Å². The fraction of sp³-hybridized carbons (Fsp3) is 0.474. The minimum Gasteiger partial charge on any atom is -0.347 e. The van der Waals surface area contributed by atoms with Gasteiger partial charge in [-0.2, -0.15) is 0 Å². The topological polar surface area (TPSA) is 80.1 Å². The summed E-state index contributed by atoms with van der Waals surface area (Å²) in [7, 11) is 0. The molecule has 1 aliphatic heterocycles. The summed E-state index contributed by atoms with van der Waals surface area (Å²) in [5.74, 6) is 0.593. The summed E-state index contributed by atoms with van der Waals surface area (Å²) in [6.45, 7) is 5.02. The van der Waals surface area contributed by atoms with Crippen LogP contribution in [-0.2, 0) is 22.6 Å².